The van der Waals surface area contributed by atoms with E-state index in [9.17, 15) is 22.0 Å². The van der Waals surface area contributed by atoms with Gasteiger partial charge in [-0.3, -0.25) is 4.90 Å². The van der Waals surface area contributed by atoms with E-state index in [1.54, 1.807) is 37.4 Å². The Morgan fingerprint density at radius 3 is 1.01 bits per heavy atom. The van der Waals surface area contributed by atoms with Crippen molar-refractivity contribution in [1.82, 2.24) is 24.5 Å². The van der Waals surface area contributed by atoms with Crippen LogP contribution >= 0.6 is 0 Å². The lowest BCUT2D eigenvalue weighted by Gasteiger charge is -2.32. The van der Waals surface area contributed by atoms with Crippen molar-refractivity contribution >= 4 is 17.1 Å². The molecule has 0 aliphatic carbocycles. The normalized spacial score (nSPS) is 18.1. The van der Waals surface area contributed by atoms with Gasteiger partial charge in [-0.05, 0) is 243 Å². The Morgan fingerprint density at radius 2 is 0.721 bits per heavy atom. The molecule has 0 radical (unpaired) electrons. The minimum atomic E-state index is -0.386. The van der Waals surface area contributed by atoms with Gasteiger partial charge in [0, 0.05) is 20.2 Å². The smallest absolute Gasteiger partial charge is 0.146 e. The summed E-state index contributed by atoms with van der Waals surface area (Å²) in [6, 6.07) is 29.4. The number of nitrogen functional groups attached to an aromatic ring is 3. The van der Waals surface area contributed by atoms with Crippen molar-refractivity contribution in [3.05, 3.63) is 172 Å². The fourth-order valence-electron chi connectivity index (χ4n) is 12.9. The number of hydrogen-bond acceptors (Lipinski definition) is 11. The third-order valence-corrected chi connectivity index (χ3v) is 18.1. The lowest BCUT2D eigenvalue weighted by atomic mass is 9.86. The molecule has 11 nitrogen and oxygen atoms in total. The number of piperidine rings is 5. The van der Waals surface area contributed by atoms with Crippen LogP contribution in [0.5, 0.6) is 0 Å². The summed E-state index contributed by atoms with van der Waals surface area (Å²) >= 11 is 0. The first-order valence-electron chi connectivity index (χ1n) is 31.4. The molecule has 0 spiro atoms. The highest BCUT2D eigenvalue weighted by molar-refractivity contribution is 5.52. The van der Waals surface area contributed by atoms with Crippen molar-refractivity contribution in [2.24, 2.45) is 0 Å². The Kier molecular flexibility index (Phi) is 28.8. The maximum atomic E-state index is 13.6. The molecule has 0 aromatic heterocycles. The van der Waals surface area contributed by atoms with Crippen molar-refractivity contribution in [3.63, 3.8) is 0 Å². The summed E-state index contributed by atoms with van der Waals surface area (Å²) in [4.78, 5) is 12.0. The zero-order valence-corrected chi connectivity index (χ0v) is 51.6. The molecule has 5 fully saturated rings. The molecule has 5 saturated heterocycles. The molecule has 10 rings (SSSR count). The molecule has 5 aromatic rings. The molecule has 86 heavy (non-hydrogen) atoms. The van der Waals surface area contributed by atoms with Crippen LogP contribution in [0.25, 0.3) is 0 Å². The molecule has 0 saturated carbocycles. The molecule has 5 heterocycles. The van der Waals surface area contributed by atoms with E-state index in [1.165, 1.54) is 36.8 Å². The Balaban J connectivity index is 0.000000172. The number of halogens is 5. The number of anilines is 3. The lowest BCUT2D eigenvalue weighted by Crippen LogP contribution is -2.35. The quantitative estimate of drug-likeness (QED) is 0.0554. The predicted molar refractivity (Wildman–Crippen MR) is 340 cm³/mol. The van der Waals surface area contributed by atoms with Crippen molar-refractivity contribution < 1.29 is 26.7 Å². The third-order valence-electron chi connectivity index (χ3n) is 18.1. The van der Waals surface area contributed by atoms with E-state index in [-0.39, 0.29) is 40.2 Å². The summed E-state index contributed by atoms with van der Waals surface area (Å²) in [6.07, 6.45) is 13.5. The minimum absolute atomic E-state index is 0.238. The fraction of sp³-hybridized carbons (Fsp3) is 0.514. The van der Waals surface area contributed by atoms with Crippen LogP contribution in [-0.4, -0.2) is 136 Å². The zero-order chi connectivity index (χ0) is 62.0. The van der Waals surface area contributed by atoms with E-state index in [2.05, 4.69) is 51.8 Å². The van der Waals surface area contributed by atoms with E-state index in [1.807, 2.05) is 48.5 Å². The van der Waals surface area contributed by atoms with Gasteiger partial charge in [-0.1, -0.05) is 87.5 Å². The molecule has 0 amide bonds. The highest BCUT2D eigenvalue weighted by atomic mass is 19.1. The lowest BCUT2D eigenvalue weighted by molar-refractivity contribution is 0.130. The summed E-state index contributed by atoms with van der Waals surface area (Å²) in [5.74, 6) is 0.242. The molecule has 0 unspecified atom stereocenters. The maximum Gasteiger partial charge on any atom is 0.146 e. The van der Waals surface area contributed by atoms with Crippen LogP contribution in [0.3, 0.4) is 0 Å². The third kappa shape index (κ3) is 19.8. The van der Waals surface area contributed by atoms with Crippen LogP contribution in [-0.2, 0) is 4.74 Å². The molecule has 0 atom stereocenters. The van der Waals surface area contributed by atoms with Crippen LogP contribution in [0.15, 0.2) is 104 Å². The van der Waals surface area contributed by atoms with Gasteiger partial charge in [0.05, 0.1) is 34.8 Å². The second-order valence-corrected chi connectivity index (χ2v) is 23.4. The second-order valence-electron chi connectivity index (χ2n) is 23.4. The van der Waals surface area contributed by atoms with E-state index < -0.39 is 0 Å². The van der Waals surface area contributed by atoms with Crippen molar-refractivity contribution in [2.75, 3.05) is 129 Å². The van der Waals surface area contributed by atoms with Crippen molar-refractivity contribution in [1.29, 1.82) is 10.5 Å². The van der Waals surface area contributed by atoms with E-state index >= 15 is 0 Å². The number of ether oxygens (including phenoxy) is 1. The largest absolute Gasteiger partial charge is 0.396 e. The molecular formula is C70H95F5N10O. The van der Waals surface area contributed by atoms with Crippen LogP contribution in [0.4, 0.5) is 39.0 Å². The van der Waals surface area contributed by atoms with Gasteiger partial charge in [-0.15, -0.1) is 6.58 Å². The monoisotopic (exact) mass is 1190 g/mol. The molecule has 5 aromatic carbocycles. The SMILES string of the molecule is C=CCN1CCC(c2cccc(F)c2N)CC1.CCCN1CCC(c2cccc(F)c2C#N)CC1.CCN1CCC(c2cccc(F)c2C#N)CC1.CCN1CCC(c2cccc(F)c2N)CC1.COCCN1CCC(c2cccc(F)c2N)CC1. The van der Waals surface area contributed by atoms with Gasteiger partial charge in [0.2, 0.25) is 0 Å². The second kappa shape index (κ2) is 36.1. The number of likely N-dealkylation sites (tertiary alicyclic amines) is 5. The number of rotatable bonds is 14. The van der Waals surface area contributed by atoms with Crippen LogP contribution in [0.2, 0.25) is 0 Å². The van der Waals surface area contributed by atoms with E-state index in [0.29, 0.717) is 46.7 Å². The van der Waals surface area contributed by atoms with Crippen molar-refractivity contribution in [2.45, 2.75) is 121 Å². The summed E-state index contributed by atoms with van der Waals surface area (Å²) in [7, 11) is 1.72. The molecule has 5 aliphatic heterocycles. The predicted octanol–water partition coefficient (Wildman–Crippen LogP) is 13.8. The number of nitrogens with two attached hydrogens (primary N) is 3. The highest BCUT2D eigenvalue weighted by Gasteiger charge is 2.27. The average molecular weight is 1190 g/mol. The summed E-state index contributed by atoms with van der Waals surface area (Å²) < 4.78 is 72.3. The maximum absolute atomic E-state index is 13.6. The Morgan fingerprint density at radius 1 is 0.442 bits per heavy atom. The first-order valence-corrected chi connectivity index (χ1v) is 31.4. The van der Waals surface area contributed by atoms with Gasteiger partial charge in [-0.2, -0.15) is 10.5 Å². The van der Waals surface area contributed by atoms with Gasteiger partial charge in [0.1, 0.15) is 41.2 Å². The molecule has 16 heteroatoms. The molecule has 6 N–H and O–H groups in total. The average Bonchev–Trinajstić information content (AvgIpc) is 3.67. The summed E-state index contributed by atoms with van der Waals surface area (Å²) in [5.41, 5.74) is 23.6. The standard InChI is InChI=1S/C15H19FN2.C14H21FN2O.C14H17FN2.C14H19FN2.C13H19FN2/c1-2-8-18-9-6-12(7-10-18)13-4-3-5-15(16)14(13)11-17;1-18-10-9-17-7-5-11(6-8-17)12-3-2-4-13(15)14(12)16;1-2-17-8-6-11(7-9-17)12-4-3-5-14(15)13(12)10-16;1-2-8-17-9-6-11(7-10-17)12-4-3-5-13(15)14(12)16;1-2-16-8-6-10(7-9-16)11-4-3-5-12(14)13(11)15/h3-5,12H,2,6-10H2,1H3;2-4,11H,5-10,16H2,1H3;3-5,11H,2,6-9H2,1H3;2-5,11H,1,6-10,16H2;3-5,10H,2,6-9,15H2,1H3. The van der Waals surface area contributed by atoms with Crippen molar-refractivity contribution in [3.8, 4) is 12.1 Å². The number of benzene rings is 5. The van der Waals surface area contributed by atoms with Gasteiger partial charge < -0.3 is 41.5 Å². The highest BCUT2D eigenvalue weighted by Crippen LogP contribution is 2.37. The van der Waals surface area contributed by atoms with Gasteiger partial charge in [0.25, 0.3) is 0 Å². The summed E-state index contributed by atoms with van der Waals surface area (Å²) in [6.45, 7) is 26.8. The number of hydrogen-bond donors (Lipinski definition) is 3. The van der Waals surface area contributed by atoms with Crippen LogP contribution in [0, 0.1) is 51.7 Å². The Bertz CT molecular complexity index is 2930. The number of nitriles is 2. The topological polar surface area (TPSA) is 151 Å². The minimum Gasteiger partial charge on any atom is -0.396 e. The van der Waals surface area contributed by atoms with E-state index in [0.717, 1.165) is 197 Å². The van der Waals surface area contributed by atoms with Gasteiger partial charge in [-0.25, -0.2) is 22.0 Å². The molecule has 5 aliphatic rings. The van der Waals surface area contributed by atoms with Gasteiger partial charge in [0.15, 0.2) is 0 Å². The number of methoxy groups -OCH3 is 1. The van der Waals surface area contributed by atoms with Gasteiger partial charge >= 0.3 is 0 Å². The molecule has 0 bridgehead atoms. The van der Waals surface area contributed by atoms with Crippen LogP contribution < -0.4 is 17.2 Å². The van der Waals surface area contributed by atoms with Crippen LogP contribution in [0.1, 0.15) is 160 Å². The molecular weight excluding hydrogens is 1090 g/mol. The molecule has 466 valence electrons. The Labute approximate surface area is 510 Å². The first kappa shape index (κ1) is 68.7. The first-order chi connectivity index (χ1) is 41.7. The number of nitrogens with zero attached hydrogens (tertiary/aromatic N) is 7. The Hall–Kier alpha value is -6.37. The van der Waals surface area contributed by atoms with E-state index in [4.69, 9.17) is 32.5 Å². The fourth-order valence-corrected chi connectivity index (χ4v) is 12.9. The summed E-state index contributed by atoms with van der Waals surface area (Å²) in [5, 5.41) is 18.1. The zero-order valence-electron chi connectivity index (χ0n) is 51.6. The number of para-hydroxylation sites is 3.